The molecule has 2 aliphatic rings. The van der Waals surface area contributed by atoms with E-state index in [2.05, 4.69) is 55.8 Å². The van der Waals surface area contributed by atoms with Gasteiger partial charge in [0.05, 0.1) is 32.2 Å². The molecule has 0 aliphatic carbocycles. The number of nitrogens with zero attached hydrogens (tertiary/aromatic N) is 3. The molecule has 1 fully saturated rings. The highest BCUT2D eigenvalue weighted by molar-refractivity contribution is 6.32. The van der Waals surface area contributed by atoms with E-state index in [9.17, 15) is 0 Å². The molecule has 0 atom stereocenters. The number of methoxy groups -OCH3 is 1. The van der Waals surface area contributed by atoms with Gasteiger partial charge in [0.25, 0.3) is 0 Å². The SMILES string of the molecule is COc1ccc2cc1Nc1nc(ncc1Cl)Nc1ccc(N3CCOCC3)c(c1)CC2. The van der Waals surface area contributed by atoms with Crippen molar-refractivity contribution in [2.24, 2.45) is 0 Å². The Morgan fingerprint density at radius 1 is 1.06 bits per heavy atom. The number of nitrogens with one attached hydrogen (secondary N) is 2. The Labute approximate surface area is 186 Å². The number of anilines is 5. The minimum Gasteiger partial charge on any atom is -0.495 e. The summed E-state index contributed by atoms with van der Waals surface area (Å²) in [4.78, 5) is 11.3. The number of rotatable bonds is 2. The fourth-order valence-electron chi connectivity index (χ4n) is 4.04. The lowest BCUT2D eigenvalue weighted by atomic mass is 10.0. The largest absolute Gasteiger partial charge is 0.495 e. The fourth-order valence-corrected chi connectivity index (χ4v) is 4.17. The van der Waals surface area contributed by atoms with E-state index in [0.29, 0.717) is 16.8 Å². The van der Waals surface area contributed by atoms with Gasteiger partial charge in [-0.1, -0.05) is 17.7 Å². The van der Waals surface area contributed by atoms with Gasteiger partial charge in [-0.2, -0.15) is 4.98 Å². The molecular weight excluding hydrogens is 414 g/mol. The third-order valence-electron chi connectivity index (χ3n) is 5.63. The highest BCUT2D eigenvalue weighted by atomic mass is 35.5. The van der Waals surface area contributed by atoms with Crippen LogP contribution in [-0.2, 0) is 17.6 Å². The second-order valence-corrected chi connectivity index (χ2v) is 8.02. The quantitative estimate of drug-likeness (QED) is 0.608. The van der Waals surface area contributed by atoms with Crippen molar-refractivity contribution < 1.29 is 9.47 Å². The number of fused-ring (bicyclic) bond motifs is 6. The van der Waals surface area contributed by atoms with Gasteiger partial charge in [0.1, 0.15) is 10.8 Å². The molecule has 0 saturated carbocycles. The molecule has 8 heteroatoms. The number of aromatic nitrogens is 2. The van der Waals surface area contributed by atoms with E-state index < -0.39 is 0 Å². The second-order valence-electron chi connectivity index (χ2n) is 7.62. The van der Waals surface area contributed by atoms with Crippen LogP contribution in [-0.4, -0.2) is 43.4 Å². The van der Waals surface area contributed by atoms with Crippen molar-refractivity contribution in [3.05, 3.63) is 58.7 Å². The number of ether oxygens (including phenoxy) is 2. The third-order valence-corrected chi connectivity index (χ3v) is 5.91. The minimum atomic E-state index is 0.441. The average Bonchev–Trinajstić information content (AvgIpc) is 2.81. The molecular formula is C23H24ClN5O2. The summed E-state index contributed by atoms with van der Waals surface area (Å²) in [5, 5.41) is 7.07. The van der Waals surface area contributed by atoms with Gasteiger partial charge >= 0.3 is 0 Å². The van der Waals surface area contributed by atoms with Gasteiger partial charge in [-0.15, -0.1) is 0 Å². The summed E-state index contributed by atoms with van der Waals surface area (Å²) >= 11 is 6.36. The predicted molar refractivity (Wildman–Crippen MR) is 123 cm³/mol. The van der Waals surface area contributed by atoms with Crippen LogP contribution in [0.25, 0.3) is 0 Å². The van der Waals surface area contributed by atoms with Crippen molar-refractivity contribution >= 4 is 40.4 Å². The van der Waals surface area contributed by atoms with Crippen LogP contribution in [0.1, 0.15) is 11.1 Å². The molecule has 7 nitrogen and oxygen atoms in total. The predicted octanol–water partition coefficient (Wildman–Crippen LogP) is 4.56. The van der Waals surface area contributed by atoms with Crippen LogP contribution in [0.2, 0.25) is 5.02 Å². The molecule has 1 aromatic heterocycles. The number of aryl methyl sites for hydroxylation is 2. The molecule has 3 aromatic rings. The van der Waals surface area contributed by atoms with Crippen LogP contribution in [0.3, 0.4) is 0 Å². The van der Waals surface area contributed by atoms with E-state index in [0.717, 1.165) is 56.3 Å². The first-order valence-corrected chi connectivity index (χ1v) is 10.8. The van der Waals surface area contributed by atoms with E-state index in [-0.39, 0.29) is 0 Å². The normalized spacial score (nSPS) is 15.6. The number of halogens is 1. The van der Waals surface area contributed by atoms with Crippen molar-refractivity contribution in [2.75, 3.05) is 48.9 Å². The standard InChI is InChI=1S/C23H24ClN5O2/c1-30-21-7-3-15-2-4-16-13-17(5-6-20(16)29-8-10-31-11-9-29)26-23-25-14-18(24)22(28-23)27-19(21)12-15/h3,5-7,12-14H,2,4,8-11H2,1H3,(H2,25,26,27,28). The van der Waals surface area contributed by atoms with Crippen LogP contribution in [0.5, 0.6) is 5.75 Å². The fraction of sp³-hybridized carbons (Fsp3) is 0.304. The summed E-state index contributed by atoms with van der Waals surface area (Å²) in [6.45, 7) is 3.32. The lowest BCUT2D eigenvalue weighted by molar-refractivity contribution is 0.122. The summed E-state index contributed by atoms with van der Waals surface area (Å²) in [7, 11) is 1.66. The first kappa shape index (κ1) is 19.9. The molecule has 5 rings (SSSR count). The zero-order valence-corrected chi connectivity index (χ0v) is 18.1. The van der Waals surface area contributed by atoms with E-state index in [4.69, 9.17) is 21.1 Å². The number of benzene rings is 2. The zero-order valence-electron chi connectivity index (χ0n) is 17.3. The van der Waals surface area contributed by atoms with E-state index in [1.54, 1.807) is 13.3 Å². The van der Waals surface area contributed by atoms with E-state index in [1.807, 2.05) is 6.07 Å². The molecule has 2 aliphatic heterocycles. The molecule has 1 saturated heterocycles. The first-order valence-electron chi connectivity index (χ1n) is 10.4. The summed E-state index contributed by atoms with van der Waals surface area (Å²) in [5.74, 6) is 1.74. The summed E-state index contributed by atoms with van der Waals surface area (Å²) in [6, 6.07) is 12.6. The van der Waals surface area contributed by atoms with Crippen LogP contribution >= 0.6 is 11.6 Å². The van der Waals surface area contributed by atoms with Crippen molar-refractivity contribution in [1.29, 1.82) is 0 Å². The van der Waals surface area contributed by atoms with Crippen LogP contribution in [0.15, 0.2) is 42.6 Å². The van der Waals surface area contributed by atoms with Crippen LogP contribution in [0, 0.1) is 0 Å². The maximum Gasteiger partial charge on any atom is 0.229 e. The third kappa shape index (κ3) is 4.24. The molecule has 0 amide bonds. The van der Waals surface area contributed by atoms with Gasteiger partial charge < -0.3 is 25.0 Å². The number of hydrogen-bond acceptors (Lipinski definition) is 7. The average molecular weight is 438 g/mol. The summed E-state index contributed by atoms with van der Waals surface area (Å²) < 4.78 is 11.1. The molecule has 6 bridgehead atoms. The van der Waals surface area contributed by atoms with Crippen molar-refractivity contribution in [2.45, 2.75) is 12.8 Å². The highest BCUT2D eigenvalue weighted by Crippen LogP contribution is 2.34. The van der Waals surface area contributed by atoms with Gasteiger partial charge in [0.15, 0.2) is 5.82 Å². The summed E-state index contributed by atoms with van der Waals surface area (Å²) in [6.07, 6.45) is 3.40. The van der Waals surface area contributed by atoms with Gasteiger partial charge in [-0.05, 0) is 54.3 Å². The van der Waals surface area contributed by atoms with Crippen molar-refractivity contribution in [1.82, 2.24) is 9.97 Å². The Balaban J connectivity index is 1.59. The first-order chi connectivity index (χ1) is 15.2. The topological polar surface area (TPSA) is 71.5 Å². The Kier molecular flexibility index (Phi) is 5.53. The molecule has 0 unspecified atom stereocenters. The van der Waals surface area contributed by atoms with Crippen molar-refractivity contribution in [3.8, 4) is 5.75 Å². The Hall–Kier alpha value is -3.03. The zero-order chi connectivity index (χ0) is 21.2. The minimum absolute atomic E-state index is 0.441. The highest BCUT2D eigenvalue weighted by Gasteiger charge is 2.17. The number of hydrogen-bond donors (Lipinski definition) is 2. The molecule has 0 spiro atoms. The Bertz CT molecular complexity index is 1100. The second kappa shape index (κ2) is 8.61. The van der Waals surface area contributed by atoms with E-state index in [1.165, 1.54) is 16.8 Å². The lowest BCUT2D eigenvalue weighted by Gasteiger charge is -2.31. The molecule has 0 radical (unpaired) electrons. The smallest absolute Gasteiger partial charge is 0.229 e. The Morgan fingerprint density at radius 2 is 1.94 bits per heavy atom. The van der Waals surface area contributed by atoms with E-state index >= 15 is 0 Å². The lowest BCUT2D eigenvalue weighted by Crippen LogP contribution is -2.36. The molecule has 160 valence electrons. The maximum atomic E-state index is 6.36. The van der Waals surface area contributed by atoms with Crippen LogP contribution < -0.4 is 20.3 Å². The molecule has 31 heavy (non-hydrogen) atoms. The maximum absolute atomic E-state index is 6.36. The summed E-state index contributed by atoms with van der Waals surface area (Å²) in [5.41, 5.74) is 5.52. The monoisotopic (exact) mass is 437 g/mol. The van der Waals surface area contributed by atoms with Gasteiger partial charge in [0.2, 0.25) is 5.95 Å². The van der Waals surface area contributed by atoms with Gasteiger partial charge in [0, 0.05) is 24.5 Å². The van der Waals surface area contributed by atoms with Crippen LogP contribution in [0.4, 0.5) is 28.8 Å². The molecule has 2 aromatic carbocycles. The van der Waals surface area contributed by atoms with Crippen molar-refractivity contribution in [3.63, 3.8) is 0 Å². The Morgan fingerprint density at radius 3 is 2.77 bits per heavy atom. The van der Waals surface area contributed by atoms with Gasteiger partial charge in [-0.3, -0.25) is 0 Å². The van der Waals surface area contributed by atoms with Gasteiger partial charge in [-0.25, -0.2) is 4.98 Å². The molecule has 2 N–H and O–H groups in total. The molecule has 3 heterocycles. The number of morpholine rings is 1.